The predicted octanol–water partition coefficient (Wildman–Crippen LogP) is 2.29. The van der Waals surface area contributed by atoms with E-state index in [9.17, 15) is 13.2 Å². The van der Waals surface area contributed by atoms with E-state index in [1.54, 1.807) is 11.0 Å². The zero-order valence-electron chi connectivity index (χ0n) is 15.2. The normalized spacial score (nSPS) is 20.8. The molecule has 2 aliphatic heterocycles. The fraction of sp³-hybridized carbons (Fsp3) is 0.611. The highest BCUT2D eigenvalue weighted by Gasteiger charge is 2.29. The molecule has 2 fully saturated rings. The molecule has 0 aromatic heterocycles. The fourth-order valence-electron chi connectivity index (χ4n) is 3.51. The summed E-state index contributed by atoms with van der Waals surface area (Å²) in [7, 11) is -1.63. The zero-order valence-corrected chi connectivity index (χ0v) is 16.7. The molecular weight excluding hydrogens is 374 g/mol. The van der Waals surface area contributed by atoms with E-state index in [4.69, 9.17) is 11.6 Å². The first-order valence-corrected chi connectivity index (χ1v) is 11.0. The average Bonchev–Trinajstić information content (AvgIpc) is 2.86. The van der Waals surface area contributed by atoms with Gasteiger partial charge in [0, 0.05) is 38.3 Å². The second kappa shape index (κ2) is 8.25. The number of amides is 1. The zero-order chi connectivity index (χ0) is 18.7. The lowest BCUT2D eigenvalue weighted by Gasteiger charge is -2.26. The molecule has 1 aromatic carbocycles. The number of rotatable bonds is 3. The molecule has 0 N–H and O–H groups in total. The number of hydrogen-bond donors (Lipinski definition) is 0. The molecule has 6 nitrogen and oxygen atoms in total. The molecule has 0 saturated carbocycles. The maximum atomic E-state index is 13.0. The van der Waals surface area contributed by atoms with Gasteiger partial charge in [-0.1, -0.05) is 18.0 Å². The van der Waals surface area contributed by atoms with Crippen LogP contribution in [0.25, 0.3) is 0 Å². The van der Waals surface area contributed by atoms with Crippen LogP contribution in [0.2, 0.25) is 5.02 Å². The molecule has 8 heteroatoms. The third-order valence-electron chi connectivity index (χ3n) is 5.12. The summed E-state index contributed by atoms with van der Waals surface area (Å²) in [6, 6.07) is 4.59. The van der Waals surface area contributed by atoms with Gasteiger partial charge in [-0.3, -0.25) is 4.79 Å². The van der Waals surface area contributed by atoms with Crippen LogP contribution in [-0.4, -0.2) is 74.7 Å². The van der Waals surface area contributed by atoms with Crippen LogP contribution in [0.3, 0.4) is 0 Å². The third kappa shape index (κ3) is 4.22. The summed E-state index contributed by atoms with van der Waals surface area (Å²) in [5, 5.41) is 0.169. The van der Waals surface area contributed by atoms with Crippen LogP contribution in [0.5, 0.6) is 0 Å². The Balaban J connectivity index is 1.86. The molecule has 2 heterocycles. The largest absolute Gasteiger partial charge is 0.337 e. The first kappa shape index (κ1) is 19.6. The number of sulfonamides is 1. The van der Waals surface area contributed by atoms with Crippen LogP contribution in [0.4, 0.5) is 0 Å². The first-order chi connectivity index (χ1) is 12.4. The summed E-state index contributed by atoms with van der Waals surface area (Å²) in [6.45, 7) is 4.12. The summed E-state index contributed by atoms with van der Waals surface area (Å²) in [4.78, 5) is 16.9. The Hall–Kier alpha value is -1.15. The summed E-state index contributed by atoms with van der Waals surface area (Å²) >= 11 is 6.20. The maximum absolute atomic E-state index is 13.0. The van der Waals surface area contributed by atoms with Crippen LogP contribution in [0.1, 0.15) is 36.0 Å². The molecule has 0 aliphatic carbocycles. The highest BCUT2D eigenvalue weighted by molar-refractivity contribution is 7.89. The topological polar surface area (TPSA) is 60.9 Å². The van der Waals surface area contributed by atoms with Crippen molar-refractivity contribution in [1.82, 2.24) is 14.1 Å². The average molecular weight is 400 g/mol. The lowest BCUT2D eigenvalue weighted by molar-refractivity contribution is 0.0762. The van der Waals surface area contributed by atoms with Crippen LogP contribution in [0.15, 0.2) is 23.1 Å². The molecule has 144 valence electrons. The van der Waals surface area contributed by atoms with E-state index in [1.165, 1.54) is 16.4 Å². The number of likely N-dealkylation sites (N-methyl/N-ethyl adjacent to an activating group) is 1. The number of benzene rings is 1. The maximum Gasteiger partial charge on any atom is 0.253 e. The van der Waals surface area contributed by atoms with Crippen LogP contribution in [-0.2, 0) is 10.0 Å². The molecule has 2 aliphatic rings. The molecular formula is C18H26ClN3O3S. The molecule has 0 spiro atoms. The van der Waals surface area contributed by atoms with Crippen molar-refractivity contribution in [3.05, 3.63) is 28.8 Å². The van der Waals surface area contributed by atoms with E-state index >= 15 is 0 Å². The van der Waals surface area contributed by atoms with Crippen LogP contribution >= 0.6 is 11.6 Å². The third-order valence-corrected chi connectivity index (χ3v) is 7.50. The molecule has 1 aromatic rings. The van der Waals surface area contributed by atoms with E-state index in [0.29, 0.717) is 31.7 Å². The second-order valence-corrected chi connectivity index (χ2v) is 9.37. The number of nitrogens with zero attached hydrogens (tertiary/aromatic N) is 3. The number of piperidine rings is 1. The molecule has 0 atom stereocenters. The van der Waals surface area contributed by atoms with Crippen molar-refractivity contribution in [3.63, 3.8) is 0 Å². The van der Waals surface area contributed by atoms with Crippen molar-refractivity contribution in [2.75, 3.05) is 46.3 Å². The van der Waals surface area contributed by atoms with Crippen molar-refractivity contribution in [2.24, 2.45) is 0 Å². The van der Waals surface area contributed by atoms with Gasteiger partial charge in [-0.2, -0.15) is 4.31 Å². The SMILES string of the molecule is CN1CCCN(C(=O)c2ccc(Cl)c(S(=O)(=O)N3CCCCC3)c2)CC1. The second-order valence-electron chi connectivity index (χ2n) is 7.06. The highest BCUT2D eigenvalue weighted by Crippen LogP contribution is 2.28. The van der Waals surface area contributed by atoms with Gasteiger partial charge < -0.3 is 9.80 Å². The van der Waals surface area contributed by atoms with Crippen molar-refractivity contribution in [1.29, 1.82) is 0 Å². The molecule has 0 radical (unpaired) electrons. The van der Waals surface area contributed by atoms with Gasteiger partial charge in [-0.25, -0.2) is 8.42 Å². The molecule has 3 rings (SSSR count). The number of carbonyl (C=O) groups is 1. The summed E-state index contributed by atoms with van der Waals surface area (Å²) in [6.07, 6.45) is 3.67. The first-order valence-electron chi connectivity index (χ1n) is 9.17. The van der Waals surface area contributed by atoms with Gasteiger partial charge in [0.2, 0.25) is 10.0 Å². The Bertz CT molecular complexity index is 763. The van der Waals surface area contributed by atoms with Crippen molar-refractivity contribution in [2.45, 2.75) is 30.6 Å². The van der Waals surface area contributed by atoms with Gasteiger partial charge in [-0.15, -0.1) is 0 Å². The molecule has 1 amide bonds. The molecule has 0 unspecified atom stereocenters. The van der Waals surface area contributed by atoms with Gasteiger partial charge in [0.25, 0.3) is 5.91 Å². The highest BCUT2D eigenvalue weighted by atomic mass is 35.5. The van der Waals surface area contributed by atoms with Gasteiger partial charge in [0.1, 0.15) is 4.90 Å². The van der Waals surface area contributed by atoms with E-state index < -0.39 is 10.0 Å². The van der Waals surface area contributed by atoms with E-state index in [1.807, 2.05) is 7.05 Å². The Labute approximate surface area is 160 Å². The summed E-state index contributed by atoms with van der Waals surface area (Å²) in [5.41, 5.74) is 0.384. The van der Waals surface area contributed by atoms with E-state index in [-0.39, 0.29) is 15.8 Å². The lowest BCUT2D eigenvalue weighted by Crippen LogP contribution is -2.36. The Morgan fingerprint density at radius 2 is 1.69 bits per heavy atom. The summed E-state index contributed by atoms with van der Waals surface area (Å²) in [5.74, 6) is -0.132. The predicted molar refractivity (Wildman–Crippen MR) is 102 cm³/mol. The van der Waals surface area contributed by atoms with Gasteiger partial charge in [0.05, 0.1) is 5.02 Å². The van der Waals surface area contributed by atoms with Gasteiger partial charge in [-0.05, 0) is 51.1 Å². The smallest absolute Gasteiger partial charge is 0.253 e. The van der Waals surface area contributed by atoms with Crippen LogP contribution in [0, 0.1) is 0 Å². The number of carbonyl (C=O) groups excluding carboxylic acids is 1. The minimum atomic E-state index is -3.67. The minimum absolute atomic E-state index is 0.0406. The van der Waals surface area contributed by atoms with E-state index in [2.05, 4.69) is 4.90 Å². The Morgan fingerprint density at radius 1 is 0.962 bits per heavy atom. The van der Waals surface area contributed by atoms with E-state index in [0.717, 1.165) is 38.8 Å². The standard InChI is InChI=1S/C18H26ClN3O3S/c1-20-8-5-9-21(13-12-20)18(23)15-6-7-16(19)17(14-15)26(24,25)22-10-3-2-4-11-22/h6-7,14H,2-5,8-13H2,1H3. The Kier molecular flexibility index (Phi) is 6.22. The fourth-order valence-corrected chi connectivity index (χ4v) is 5.53. The lowest BCUT2D eigenvalue weighted by atomic mass is 10.2. The molecule has 26 heavy (non-hydrogen) atoms. The van der Waals surface area contributed by atoms with Crippen molar-refractivity contribution in [3.8, 4) is 0 Å². The molecule has 2 saturated heterocycles. The van der Waals surface area contributed by atoms with Crippen LogP contribution < -0.4 is 0 Å². The number of halogens is 1. The van der Waals surface area contributed by atoms with Gasteiger partial charge >= 0.3 is 0 Å². The monoisotopic (exact) mass is 399 g/mol. The number of hydrogen-bond acceptors (Lipinski definition) is 4. The van der Waals surface area contributed by atoms with Crippen molar-refractivity contribution >= 4 is 27.5 Å². The summed E-state index contributed by atoms with van der Waals surface area (Å²) < 4.78 is 27.4. The van der Waals surface area contributed by atoms with Gasteiger partial charge in [0.15, 0.2) is 0 Å². The molecule has 0 bridgehead atoms. The Morgan fingerprint density at radius 3 is 2.42 bits per heavy atom. The quantitative estimate of drug-likeness (QED) is 0.782. The van der Waals surface area contributed by atoms with Crippen molar-refractivity contribution < 1.29 is 13.2 Å². The minimum Gasteiger partial charge on any atom is -0.337 e.